The molecule has 0 aromatic heterocycles. The molecular weight excluding hydrogens is 424 g/mol. The van der Waals surface area contributed by atoms with E-state index in [1.54, 1.807) is 30.3 Å². The van der Waals surface area contributed by atoms with Gasteiger partial charge in [-0.25, -0.2) is 0 Å². The Balaban J connectivity index is 1.82. The van der Waals surface area contributed by atoms with Crippen LogP contribution in [0.1, 0.15) is 36.7 Å². The van der Waals surface area contributed by atoms with Crippen molar-refractivity contribution in [2.45, 2.75) is 27.2 Å². The van der Waals surface area contributed by atoms with Crippen LogP contribution in [0.2, 0.25) is 0 Å². The molecule has 0 radical (unpaired) electrons. The van der Waals surface area contributed by atoms with Crippen LogP contribution >= 0.6 is 15.9 Å². The number of hydrogen-bond acceptors (Lipinski definition) is 4. The van der Waals surface area contributed by atoms with Crippen molar-refractivity contribution in [2.75, 3.05) is 13.2 Å². The first-order chi connectivity index (χ1) is 13.4. The second kappa shape index (κ2) is 10.7. The van der Waals surface area contributed by atoms with Crippen LogP contribution in [-0.4, -0.2) is 25.0 Å². The molecule has 0 heterocycles. The lowest BCUT2D eigenvalue weighted by atomic mass is 10.2. The molecule has 0 aliphatic rings. The summed E-state index contributed by atoms with van der Waals surface area (Å²) in [5.74, 6) is 0.656. The number of amides is 2. The van der Waals surface area contributed by atoms with Gasteiger partial charge in [0.05, 0.1) is 11.1 Å². The first kappa shape index (κ1) is 21.8. The molecule has 0 fully saturated rings. The van der Waals surface area contributed by atoms with Crippen LogP contribution in [0.15, 0.2) is 46.9 Å². The molecule has 0 saturated heterocycles. The van der Waals surface area contributed by atoms with E-state index in [0.717, 1.165) is 16.5 Å². The number of carbonyl (C=O) groups is 2. The van der Waals surface area contributed by atoms with Gasteiger partial charge in [-0.2, -0.15) is 0 Å². The second-order valence-electron chi connectivity index (χ2n) is 6.64. The Morgan fingerprint density at radius 1 is 1.07 bits per heavy atom. The highest BCUT2D eigenvalue weighted by molar-refractivity contribution is 9.10. The molecule has 2 aromatic rings. The van der Waals surface area contributed by atoms with Gasteiger partial charge < -0.3 is 9.47 Å². The Labute approximate surface area is 173 Å². The van der Waals surface area contributed by atoms with Crippen LogP contribution in [-0.2, 0) is 11.2 Å². The first-order valence-electron chi connectivity index (χ1n) is 9.12. The predicted molar refractivity (Wildman–Crippen MR) is 111 cm³/mol. The monoisotopic (exact) mass is 448 g/mol. The fourth-order valence-corrected chi connectivity index (χ4v) is 2.79. The maximum Gasteiger partial charge on any atom is 0.276 e. The van der Waals surface area contributed by atoms with E-state index in [-0.39, 0.29) is 6.61 Å². The number of hydrogen-bond donors (Lipinski definition) is 2. The molecule has 7 heteroatoms. The molecule has 0 atom stereocenters. The van der Waals surface area contributed by atoms with E-state index in [1.807, 2.05) is 26.0 Å². The standard InChI is InChI=1S/C21H25BrN2O4/c1-4-15-8-9-19(18(22)10-15)28-13-20(25)23-24-21(26)16-6-5-7-17(11-16)27-12-14(2)3/h5-11,14H,4,12-13H2,1-3H3,(H,23,25)(H,24,26). The summed E-state index contributed by atoms with van der Waals surface area (Å²) in [7, 11) is 0. The number of hydrazine groups is 1. The van der Waals surface area contributed by atoms with Crippen molar-refractivity contribution in [2.24, 2.45) is 5.92 Å². The molecule has 2 rings (SSSR count). The quantitative estimate of drug-likeness (QED) is 0.600. The van der Waals surface area contributed by atoms with Crippen LogP contribution in [0, 0.1) is 5.92 Å². The zero-order valence-corrected chi connectivity index (χ0v) is 17.8. The molecule has 0 aliphatic heterocycles. The number of nitrogens with one attached hydrogen (secondary N) is 2. The van der Waals surface area contributed by atoms with E-state index in [1.165, 1.54) is 0 Å². The summed E-state index contributed by atoms with van der Waals surface area (Å²) in [5.41, 5.74) is 6.27. The Kier molecular flexibility index (Phi) is 8.32. The molecular formula is C21H25BrN2O4. The van der Waals surface area contributed by atoms with Gasteiger partial charge in [-0.1, -0.05) is 32.9 Å². The van der Waals surface area contributed by atoms with Crippen molar-refractivity contribution in [3.05, 3.63) is 58.1 Å². The van der Waals surface area contributed by atoms with Crippen molar-refractivity contribution >= 4 is 27.7 Å². The molecule has 0 saturated carbocycles. The Hall–Kier alpha value is -2.54. The number of ether oxygens (including phenoxy) is 2. The SMILES string of the molecule is CCc1ccc(OCC(=O)NNC(=O)c2cccc(OCC(C)C)c2)c(Br)c1. The summed E-state index contributed by atoms with van der Waals surface area (Å²) >= 11 is 3.42. The number of carbonyl (C=O) groups excluding carboxylic acids is 2. The average molecular weight is 449 g/mol. The van der Waals surface area contributed by atoms with Gasteiger partial charge in [-0.05, 0) is 64.2 Å². The third-order valence-corrected chi connectivity index (χ3v) is 4.38. The van der Waals surface area contributed by atoms with E-state index in [2.05, 4.69) is 33.7 Å². The van der Waals surface area contributed by atoms with Gasteiger partial charge in [0.2, 0.25) is 0 Å². The van der Waals surface area contributed by atoms with Gasteiger partial charge >= 0.3 is 0 Å². The minimum atomic E-state index is -0.466. The highest BCUT2D eigenvalue weighted by Gasteiger charge is 2.10. The van der Waals surface area contributed by atoms with Crippen LogP contribution < -0.4 is 20.3 Å². The van der Waals surface area contributed by atoms with Crippen LogP contribution in [0.25, 0.3) is 0 Å². The second-order valence-corrected chi connectivity index (χ2v) is 7.50. The zero-order valence-electron chi connectivity index (χ0n) is 16.3. The van der Waals surface area contributed by atoms with E-state index < -0.39 is 11.8 Å². The lowest BCUT2D eigenvalue weighted by molar-refractivity contribution is -0.123. The predicted octanol–water partition coefficient (Wildman–Crippen LogP) is 3.89. The number of rotatable bonds is 8. The lowest BCUT2D eigenvalue weighted by Gasteiger charge is -2.12. The molecule has 0 unspecified atom stereocenters. The highest BCUT2D eigenvalue weighted by atomic mass is 79.9. The largest absolute Gasteiger partial charge is 0.493 e. The molecule has 28 heavy (non-hydrogen) atoms. The topological polar surface area (TPSA) is 76.7 Å². The summed E-state index contributed by atoms with van der Waals surface area (Å²) in [6.45, 7) is 6.50. The first-order valence-corrected chi connectivity index (χ1v) is 9.91. The van der Waals surface area contributed by atoms with Gasteiger partial charge in [0.15, 0.2) is 6.61 Å². The van der Waals surface area contributed by atoms with Crippen molar-refractivity contribution < 1.29 is 19.1 Å². The number of halogens is 1. The molecule has 0 bridgehead atoms. The van der Waals surface area contributed by atoms with E-state index in [9.17, 15) is 9.59 Å². The van der Waals surface area contributed by atoms with Crippen LogP contribution in [0.4, 0.5) is 0 Å². The smallest absolute Gasteiger partial charge is 0.276 e. The van der Waals surface area contributed by atoms with Gasteiger partial charge in [0.25, 0.3) is 11.8 Å². The summed E-state index contributed by atoms with van der Waals surface area (Å²) in [6, 6.07) is 12.5. The summed E-state index contributed by atoms with van der Waals surface area (Å²) in [5, 5.41) is 0. The maximum atomic E-state index is 12.2. The summed E-state index contributed by atoms with van der Waals surface area (Å²) in [4.78, 5) is 24.1. The normalized spacial score (nSPS) is 10.5. The minimum Gasteiger partial charge on any atom is -0.493 e. The Morgan fingerprint density at radius 3 is 2.54 bits per heavy atom. The van der Waals surface area contributed by atoms with Gasteiger partial charge in [0.1, 0.15) is 11.5 Å². The van der Waals surface area contributed by atoms with Crippen molar-refractivity contribution in [1.29, 1.82) is 0 Å². The van der Waals surface area contributed by atoms with Crippen molar-refractivity contribution in [3.8, 4) is 11.5 Å². The number of benzene rings is 2. The average Bonchev–Trinajstić information content (AvgIpc) is 2.69. The van der Waals surface area contributed by atoms with Crippen molar-refractivity contribution in [1.82, 2.24) is 10.9 Å². The lowest BCUT2D eigenvalue weighted by Crippen LogP contribution is -2.43. The zero-order chi connectivity index (χ0) is 20.5. The Bertz CT molecular complexity index is 824. The summed E-state index contributed by atoms with van der Waals surface area (Å²) < 4.78 is 11.9. The molecule has 2 aromatic carbocycles. The minimum absolute atomic E-state index is 0.220. The fourth-order valence-electron chi connectivity index (χ4n) is 2.25. The third kappa shape index (κ3) is 6.88. The van der Waals surface area contributed by atoms with Gasteiger partial charge in [-0.3, -0.25) is 20.4 Å². The van der Waals surface area contributed by atoms with Crippen molar-refractivity contribution in [3.63, 3.8) is 0 Å². The van der Waals surface area contributed by atoms with E-state index in [4.69, 9.17) is 9.47 Å². The third-order valence-electron chi connectivity index (χ3n) is 3.76. The van der Waals surface area contributed by atoms with E-state index in [0.29, 0.717) is 29.6 Å². The maximum absolute atomic E-state index is 12.2. The van der Waals surface area contributed by atoms with Gasteiger partial charge in [0, 0.05) is 5.56 Å². The Morgan fingerprint density at radius 2 is 1.86 bits per heavy atom. The molecule has 150 valence electrons. The summed E-state index contributed by atoms with van der Waals surface area (Å²) in [6.07, 6.45) is 0.912. The van der Waals surface area contributed by atoms with Crippen LogP contribution in [0.3, 0.4) is 0 Å². The molecule has 2 N–H and O–H groups in total. The highest BCUT2D eigenvalue weighted by Crippen LogP contribution is 2.26. The number of aryl methyl sites for hydroxylation is 1. The molecule has 2 amide bonds. The molecule has 0 aliphatic carbocycles. The van der Waals surface area contributed by atoms with Crippen LogP contribution in [0.5, 0.6) is 11.5 Å². The van der Waals surface area contributed by atoms with Gasteiger partial charge in [-0.15, -0.1) is 0 Å². The molecule has 6 nitrogen and oxygen atoms in total. The van der Waals surface area contributed by atoms with E-state index >= 15 is 0 Å². The fraction of sp³-hybridized carbons (Fsp3) is 0.333. The molecule has 0 spiro atoms.